The number of carbonyl (C=O) groups excluding carboxylic acids is 1. The van der Waals surface area contributed by atoms with E-state index in [1.807, 2.05) is 49.6 Å². The highest BCUT2D eigenvalue weighted by Gasteiger charge is 2.15. The van der Waals surface area contributed by atoms with Gasteiger partial charge in [0, 0.05) is 12.2 Å². The summed E-state index contributed by atoms with van der Waals surface area (Å²) in [5.41, 5.74) is 6.81. The molecule has 0 atom stereocenters. The third kappa shape index (κ3) is 4.88. The summed E-state index contributed by atoms with van der Waals surface area (Å²) in [5.74, 6) is 0. The predicted octanol–water partition coefficient (Wildman–Crippen LogP) is 1.80. The van der Waals surface area contributed by atoms with Crippen molar-refractivity contribution in [2.24, 2.45) is 0 Å². The number of aromatic nitrogens is 3. The van der Waals surface area contributed by atoms with Crippen LogP contribution in [0, 0.1) is 0 Å². The van der Waals surface area contributed by atoms with Crippen LogP contribution in [0.25, 0.3) is 5.69 Å². The van der Waals surface area contributed by atoms with Crippen LogP contribution in [-0.2, 0) is 11.3 Å². The fourth-order valence-electron chi connectivity index (χ4n) is 1.64. The topological polar surface area (TPSA) is 81.1 Å². The number of rotatable bonds is 4. The standard InChI is InChI=1S/C14H19N5O2/c1-14(2,3)21-13(20)18-15-8-11-4-6-12(7-5-11)19-9-16-17-10-19/h4-7,9-10,15H,8H2,1-3H3,(H,18,20). The first-order valence-electron chi connectivity index (χ1n) is 6.60. The van der Waals surface area contributed by atoms with Gasteiger partial charge in [-0.2, -0.15) is 0 Å². The van der Waals surface area contributed by atoms with Crippen LogP contribution in [0.4, 0.5) is 4.79 Å². The van der Waals surface area contributed by atoms with E-state index in [9.17, 15) is 4.79 Å². The number of nitrogens with zero attached hydrogens (tertiary/aromatic N) is 3. The van der Waals surface area contributed by atoms with Crippen LogP contribution < -0.4 is 10.9 Å². The van der Waals surface area contributed by atoms with Crippen molar-refractivity contribution in [3.63, 3.8) is 0 Å². The largest absolute Gasteiger partial charge is 0.443 e. The number of hydrazine groups is 1. The lowest BCUT2D eigenvalue weighted by atomic mass is 10.2. The summed E-state index contributed by atoms with van der Waals surface area (Å²) in [6.07, 6.45) is 2.78. The molecule has 7 heteroatoms. The normalized spacial score (nSPS) is 11.2. The predicted molar refractivity (Wildman–Crippen MR) is 77.6 cm³/mol. The van der Waals surface area contributed by atoms with Gasteiger partial charge in [-0.05, 0) is 38.5 Å². The Morgan fingerprint density at radius 1 is 1.19 bits per heavy atom. The monoisotopic (exact) mass is 289 g/mol. The molecule has 0 saturated heterocycles. The van der Waals surface area contributed by atoms with E-state index in [2.05, 4.69) is 21.0 Å². The Bertz CT molecular complexity index is 572. The zero-order chi connectivity index (χ0) is 15.3. The molecule has 2 N–H and O–H groups in total. The van der Waals surface area contributed by atoms with Crippen LogP contribution in [0.2, 0.25) is 0 Å². The first-order chi connectivity index (χ1) is 9.94. The molecule has 2 rings (SSSR count). The minimum Gasteiger partial charge on any atom is -0.443 e. The third-order valence-corrected chi connectivity index (χ3v) is 2.54. The Labute approximate surface area is 123 Å². The van der Waals surface area contributed by atoms with Crippen LogP contribution in [0.15, 0.2) is 36.9 Å². The molecular formula is C14H19N5O2. The molecule has 0 bridgehead atoms. The molecule has 0 saturated carbocycles. The second-order valence-electron chi connectivity index (χ2n) is 5.52. The lowest BCUT2D eigenvalue weighted by Gasteiger charge is -2.19. The van der Waals surface area contributed by atoms with Crippen molar-refractivity contribution in [1.82, 2.24) is 25.6 Å². The molecule has 2 aromatic rings. The number of benzene rings is 1. The third-order valence-electron chi connectivity index (χ3n) is 2.54. The molecule has 0 aliphatic carbocycles. The van der Waals surface area contributed by atoms with Gasteiger partial charge in [0.05, 0.1) is 0 Å². The molecule has 0 unspecified atom stereocenters. The Kier molecular flexibility index (Phi) is 4.54. The van der Waals surface area contributed by atoms with E-state index in [4.69, 9.17) is 4.74 Å². The maximum absolute atomic E-state index is 11.4. The van der Waals surface area contributed by atoms with E-state index < -0.39 is 11.7 Å². The average molecular weight is 289 g/mol. The summed E-state index contributed by atoms with van der Waals surface area (Å²) in [5, 5.41) is 7.52. The Morgan fingerprint density at radius 3 is 2.38 bits per heavy atom. The smallest absolute Gasteiger partial charge is 0.422 e. The molecule has 112 valence electrons. The van der Waals surface area contributed by atoms with Crippen LogP contribution in [-0.4, -0.2) is 26.5 Å². The number of nitrogens with one attached hydrogen (secondary N) is 2. The summed E-state index contributed by atoms with van der Waals surface area (Å²) >= 11 is 0. The van der Waals surface area contributed by atoms with E-state index >= 15 is 0 Å². The number of amides is 1. The molecule has 1 amide bonds. The second-order valence-corrected chi connectivity index (χ2v) is 5.52. The molecule has 1 aromatic carbocycles. The van der Waals surface area contributed by atoms with Gasteiger partial charge in [0.25, 0.3) is 0 Å². The highest BCUT2D eigenvalue weighted by molar-refractivity contribution is 5.66. The molecule has 1 heterocycles. The van der Waals surface area contributed by atoms with E-state index in [-0.39, 0.29) is 0 Å². The molecule has 0 fully saturated rings. The number of carbonyl (C=O) groups is 1. The van der Waals surface area contributed by atoms with Gasteiger partial charge in [0.2, 0.25) is 0 Å². The van der Waals surface area contributed by atoms with E-state index in [1.54, 1.807) is 12.7 Å². The lowest BCUT2D eigenvalue weighted by Crippen LogP contribution is -2.40. The summed E-state index contributed by atoms with van der Waals surface area (Å²) in [7, 11) is 0. The quantitative estimate of drug-likeness (QED) is 0.839. The van der Waals surface area contributed by atoms with Crippen LogP contribution >= 0.6 is 0 Å². The van der Waals surface area contributed by atoms with Crippen molar-refractivity contribution in [1.29, 1.82) is 0 Å². The number of hydrogen-bond donors (Lipinski definition) is 2. The van der Waals surface area contributed by atoms with Crippen molar-refractivity contribution >= 4 is 6.09 Å². The zero-order valence-electron chi connectivity index (χ0n) is 12.3. The van der Waals surface area contributed by atoms with Crippen LogP contribution in [0.5, 0.6) is 0 Å². The van der Waals surface area contributed by atoms with E-state index in [1.165, 1.54) is 0 Å². The molecule has 0 radical (unpaired) electrons. The molecule has 1 aromatic heterocycles. The van der Waals surface area contributed by atoms with Crippen molar-refractivity contribution < 1.29 is 9.53 Å². The first-order valence-corrected chi connectivity index (χ1v) is 6.60. The van der Waals surface area contributed by atoms with Gasteiger partial charge >= 0.3 is 6.09 Å². The maximum atomic E-state index is 11.4. The average Bonchev–Trinajstić information content (AvgIpc) is 2.91. The molecule has 7 nitrogen and oxygen atoms in total. The second kappa shape index (κ2) is 6.36. The van der Waals surface area contributed by atoms with E-state index in [0.717, 1.165) is 11.3 Å². The first kappa shape index (κ1) is 15.0. The highest BCUT2D eigenvalue weighted by atomic mass is 16.6. The molecule has 21 heavy (non-hydrogen) atoms. The van der Waals surface area contributed by atoms with Gasteiger partial charge < -0.3 is 4.74 Å². The van der Waals surface area contributed by atoms with E-state index in [0.29, 0.717) is 6.54 Å². The fourth-order valence-corrected chi connectivity index (χ4v) is 1.64. The number of hydrogen-bond acceptors (Lipinski definition) is 5. The Balaban J connectivity index is 1.80. The lowest BCUT2D eigenvalue weighted by molar-refractivity contribution is 0.0497. The fraction of sp³-hybridized carbons (Fsp3) is 0.357. The highest BCUT2D eigenvalue weighted by Crippen LogP contribution is 2.08. The molecule has 0 aliphatic heterocycles. The van der Waals surface area contributed by atoms with Crippen molar-refractivity contribution in [2.75, 3.05) is 0 Å². The number of ether oxygens (including phenoxy) is 1. The summed E-state index contributed by atoms with van der Waals surface area (Å²) < 4.78 is 6.93. The summed E-state index contributed by atoms with van der Waals surface area (Å²) in [4.78, 5) is 11.4. The van der Waals surface area contributed by atoms with Gasteiger partial charge in [0.15, 0.2) is 0 Å². The van der Waals surface area contributed by atoms with Crippen molar-refractivity contribution in [2.45, 2.75) is 32.9 Å². The Morgan fingerprint density at radius 2 is 1.81 bits per heavy atom. The van der Waals surface area contributed by atoms with Crippen LogP contribution in [0.3, 0.4) is 0 Å². The van der Waals surface area contributed by atoms with Crippen molar-refractivity contribution in [3.05, 3.63) is 42.5 Å². The summed E-state index contributed by atoms with van der Waals surface area (Å²) in [6.45, 7) is 5.95. The maximum Gasteiger partial charge on any atom is 0.422 e. The summed E-state index contributed by atoms with van der Waals surface area (Å²) in [6, 6.07) is 7.82. The van der Waals surface area contributed by atoms with Gasteiger partial charge in [-0.25, -0.2) is 10.2 Å². The SMILES string of the molecule is CC(C)(C)OC(=O)NNCc1ccc(-n2cnnc2)cc1. The van der Waals surface area contributed by atoms with Gasteiger partial charge in [-0.3, -0.25) is 9.99 Å². The zero-order valence-corrected chi connectivity index (χ0v) is 12.3. The van der Waals surface area contributed by atoms with Gasteiger partial charge in [-0.15, -0.1) is 10.2 Å². The molecule has 0 aliphatic rings. The van der Waals surface area contributed by atoms with Gasteiger partial charge in [0.1, 0.15) is 18.3 Å². The van der Waals surface area contributed by atoms with Gasteiger partial charge in [-0.1, -0.05) is 12.1 Å². The molecular weight excluding hydrogens is 270 g/mol. The molecule has 0 spiro atoms. The Hall–Kier alpha value is -2.41. The minimum absolute atomic E-state index is 0.497. The minimum atomic E-state index is -0.508. The van der Waals surface area contributed by atoms with Crippen LogP contribution in [0.1, 0.15) is 26.3 Å². The van der Waals surface area contributed by atoms with Crippen molar-refractivity contribution in [3.8, 4) is 5.69 Å².